The highest BCUT2D eigenvalue weighted by atomic mass is 32.1. The smallest absolute Gasteiger partial charge is 0.253 e. The number of aromatic nitrogens is 1. The monoisotopic (exact) mass is 303 g/mol. The van der Waals surface area contributed by atoms with Crippen LogP contribution >= 0.6 is 11.3 Å². The van der Waals surface area contributed by atoms with Crippen LogP contribution in [0.2, 0.25) is 0 Å². The molecule has 2 N–H and O–H groups in total. The van der Waals surface area contributed by atoms with Crippen molar-refractivity contribution in [2.75, 3.05) is 25.0 Å². The summed E-state index contributed by atoms with van der Waals surface area (Å²) in [6.07, 6.45) is 0. The molecule has 0 spiro atoms. The van der Waals surface area contributed by atoms with Crippen LogP contribution in [0.4, 0.5) is 5.13 Å². The Bertz CT molecular complexity index is 715. The molecule has 0 radical (unpaired) electrons. The predicted molar refractivity (Wildman–Crippen MR) is 85.0 cm³/mol. The van der Waals surface area contributed by atoms with Crippen molar-refractivity contribution in [1.29, 1.82) is 0 Å². The number of hydrogen-bond acceptors (Lipinski definition) is 5. The van der Waals surface area contributed by atoms with E-state index in [-0.39, 0.29) is 5.91 Å². The van der Waals surface area contributed by atoms with Crippen LogP contribution < -0.4 is 15.4 Å². The summed E-state index contributed by atoms with van der Waals surface area (Å²) in [5.74, 6) is 0.751. The molecule has 1 saturated heterocycles. The van der Waals surface area contributed by atoms with E-state index in [1.54, 1.807) is 0 Å². The SMILES string of the molecule is CCOc1ccc2nc(NC(=O)C(C)=C3CNC3)sc2c1. The van der Waals surface area contributed by atoms with Gasteiger partial charge in [-0.1, -0.05) is 11.3 Å². The van der Waals surface area contributed by atoms with Gasteiger partial charge in [0.15, 0.2) is 5.13 Å². The molecule has 1 aliphatic rings. The van der Waals surface area contributed by atoms with Crippen LogP contribution in [0.25, 0.3) is 10.2 Å². The molecule has 2 heterocycles. The Hall–Kier alpha value is -1.92. The Labute approximate surface area is 127 Å². The molecule has 110 valence electrons. The third-order valence-corrected chi connectivity index (χ3v) is 4.37. The zero-order chi connectivity index (χ0) is 14.8. The third-order valence-electron chi connectivity index (χ3n) is 3.44. The summed E-state index contributed by atoms with van der Waals surface area (Å²) in [5, 5.41) is 6.63. The molecule has 1 aromatic heterocycles. The van der Waals surface area contributed by atoms with Gasteiger partial charge in [-0.05, 0) is 37.6 Å². The Balaban J connectivity index is 1.79. The number of thiazole rings is 1. The van der Waals surface area contributed by atoms with E-state index >= 15 is 0 Å². The van der Waals surface area contributed by atoms with Crippen molar-refractivity contribution >= 4 is 32.6 Å². The molecule has 0 saturated carbocycles. The molecule has 1 amide bonds. The first kappa shape index (κ1) is 14.0. The van der Waals surface area contributed by atoms with E-state index in [1.807, 2.05) is 32.0 Å². The molecule has 3 rings (SSSR count). The third kappa shape index (κ3) is 2.91. The number of fused-ring (bicyclic) bond motifs is 1. The quantitative estimate of drug-likeness (QED) is 0.852. The van der Waals surface area contributed by atoms with Crippen LogP contribution in [0.5, 0.6) is 5.75 Å². The molecule has 0 atom stereocenters. The second-order valence-electron chi connectivity index (χ2n) is 4.87. The van der Waals surface area contributed by atoms with Gasteiger partial charge in [-0.3, -0.25) is 10.1 Å². The van der Waals surface area contributed by atoms with Crippen molar-refractivity contribution < 1.29 is 9.53 Å². The van der Waals surface area contributed by atoms with E-state index in [1.165, 1.54) is 11.3 Å². The molecule has 2 aromatic rings. The minimum Gasteiger partial charge on any atom is -0.494 e. The van der Waals surface area contributed by atoms with Crippen molar-refractivity contribution in [2.45, 2.75) is 13.8 Å². The summed E-state index contributed by atoms with van der Waals surface area (Å²) in [5.41, 5.74) is 2.81. The lowest BCUT2D eigenvalue weighted by atomic mass is 10.0. The van der Waals surface area contributed by atoms with E-state index in [4.69, 9.17) is 4.74 Å². The molecule has 0 aliphatic carbocycles. The van der Waals surface area contributed by atoms with Crippen LogP contribution in [-0.2, 0) is 4.79 Å². The van der Waals surface area contributed by atoms with Crippen LogP contribution in [0.1, 0.15) is 13.8 Å². The first-order chi connectivity index (χ1) is 10.2. The maximum Gasteiger partial charge on any atom is 0.253 e. The summed E-state index contributed by atoms with van der Waals surface area (Å²) in [6, 6.07) is 5.76. The molecule has 1 aromatic carbocycles. The van der Waals surface area contributed by atoms with Crippen molar-refractivity contribution in [2.24, 2.45) is 0 Å². The van der Waals surface area contributed by atoms with Gasteiger partial charge in [-0.2, -0.15) is 0 Å². The van der Waals surface area contributed by atoms with Crippen LogP contribution in [0, 0.1) is 0 Å². The molecule has 1 aliphatic heterocycles. The van der Waals surface area contributed by atoms with E-state index in [0.717, 1.165) is 40.2 Å². The van der Waals surface area contributed by atoms with Gasteiger partial charge in [0.05, 0.1) is 16.8 Å². The number of carbonyl (C=O) groups excluding carboxylic acids is 1. The average molecular weight is 303 g/mol. The average Bonchev–Trinajstić information content (AvgIpc) is 2.78. The highest BCUT2D eigenvalue weighted by Crippen LogP contribution is 2.29. The fourth-order valence-corrected chi connectivity index (χ4v) is 2.97. The van der Waals surface area contributed by atoms with Crippen molar-refractivity contribution in [3.8, 4) is 5.75 Å². The summed E-state index contributed by atoms with van der Waals surface area (Å²) in [4.78, 5) is 16.6. The fourth-order valence-electron chi connectivity index (χ4n) is 2.08. The zero-order valence-corrected chi connectivity index (χ0v) is 12.8. The number of ether oxygens (including phenoxy) is 1. The number of carbonyl (C=O) groups is 1. The van der Waals surface area contributed by atoms with Crippen molar-refractivity contribution in [3.63, 3.8) is 0 Å². The molecule has 0 unspecified atom stereocenters. The number of nitrogens with zero attached hydrogens (tertiary/aromatic N) is 1. The standard InChI is InChI=1S/C15H17N3O2S/c1-3-20-11-4-5-12-13(6-11)21-15(17-12)18-14(19)9(2)10-7-16-8-10/h4-6,16H,3,7-8H2,1-2H3,(H,17,18,19). The maximum absolute atomic E-state index is 12.1. The molecular weight excluding hydrogens is 286 g/mol. The first-order valence-corrected chi connectivity index (χ1v) is 7.73. The van der Waals surface area contributed by atoms with Crippen LogP contribution in [0.3, 0.4) is 0 Å². The Morgan fingerprint density at radius 1 is 1.48 bits per heavy atom. The number of hydrogen-bond donors (Lipinski definition) is 2. The van der Waals surface area contributed by atoms with Gasteiger partial charge in [0.1, 0.15) is 5.75 Å². The summed E-state index contributed by atoms with van der Waals surface area (Å²) >= 11 is 1.46. The Morgan fingerprint density at radius 3 is 2.95 bits per heavy atom. The van der Waals surface area contributed by atoms with Gasteiger partial charge in [-0.25, -0.2) is 4.98 Å². The molecule has 0 bridgehead atoms. The topological polar surface area (TPSA) is 63.2 Å². The lowest BCUT2D eigenvalue weighted by Gasteiger charge is -2.21. The summed E-state index contributed by atoms with van der Waals surface area (Å²) in [7, 11) is 0. The van der Waals surface area contributed by atoms with Crippen LogP contribution in [-0.4, -0.2) is 30.6 Å². The minimum atomic E-state index is -0.0735. The van der Waals surface area contributed by atoms with E-state index in [0.29, 0.717) is 11.7 Å². The lowest BCUT2D eigenvalue weighted by molar-refractivity contribution is -0.112. The second-order valence-corrected chi connectivity index (χ2v) is 5.90. The molecular formula is C15H17N3O2S. The fraction of sp³-hybridized carbons (Fsp3) is 0.333. The van der Waals surface area contributed by atoms with Gasteiger partial charge in [0, 0.05) is 18.7 Å². The summed E-state index contributed by atoms with van der Waals surface area (Å²) < 4.78 is 6.48. The second kappa shape index (κ2) is 5.83. The van der Waals surface area contributed by atoms with Crippen molar-refractivity contribution in [3.05, 3.63) is 29.3 Å². The molecule has 21 heavy (non-hydrogen) atoms. The largest absolute Gasteiger partial charge is 0.494 e. The predicted octanol–water partition coefficient (Wildman–Crippen LogP) is 2.55. The van der Waals surface area contributed by atoms with E-state index in [2.05, 4.69) is 15.6 Å². The van der Waals surface area contributed by atoms with Gasteiger partial charge in [0.25, 0.3) is 5.91 Å². The highest BCUT2D eigenvalue weighted by molar-refractivity contribution is 7.22. The van der Waals surface area contributed by atoms with Gasteiger partial charge < -0.3 is 10.1 Å². The number of anilines is 1. The number of rotatable bonds is 4. The number of benzene rings is 1. The van der Waals surface area contributed by atoms with Crippen molar-refractivity contribution in [1.82, 2.24) is 10.3 Å². The lowest BCUT2D eigenvalue weighted by Crippen LogP contribution is -2.36. The van der Waals surface area contributed by atoms with E-state index in [9.17, 15) is 4.79 Å². The molecule has 1 fully saturated rings. The van der Waals surface area contributed by atoms with Gasteiger partial charge in [0.2, 0.25) is 0 Å². The zero-order valence-electron chi connectivity index (χ0n) is 12.0. The van der Waals surface area contributed by atoms with Gasteiger partial charge >= 0.3 is 0 Å². The maximum atomic E-state index is 12.1. The molecule has 6 heteroatoms. The minimum absolute atomic E-state index is 0.0735. The van der Waals surface area contributed by atoms with E-state index < -0.39 is 0 Å². The highest BCUT2D eigenvalue weighted by Gasteiger charge is 2.17. The normalized spacial score (nSPS) is 13.9. The first-order valence-electron chi connectivity index (χ1n) is 6.91. The Kier molecular flexibility index (Phi) is 3.90. The van der Waals surface area contributed by atoms with Crippen LogP contribution in [0.15, 0.2) is 29.3 Å². The van der Waals surface area contributed by atoms with Gasteiger partial charge in [-0.15, -0.1) is 0 Å². The number of amides is 1. The summed E-state index contributed by atoms with van der Waals surface area (Å²) in [6.45, 7) is 6.04. The molecule has 5 nitrogen and oxygen atoms in total. The Morgan fingerprint density at radius 2 is 2.29 bits per heavy atom. The number of nitrogens with one attached hydrogen (secondary N) is 2.